The zero-order chi connectivity index (χ0) is 13.6. The molecular formula is C13H19ClN2O2. The molecule has 0 radical (unpaired) electrons. The lowest BCUT2D eigenvalue weighted by atomic mass is 9.96. The van der Waals surface area contributed by atoms with Gasteiger partial charge in [0.1, 0.15) is 6.61 Å². The second kappa shape index (κ2) is 6.61. The number of hydrogen-bond donors (Lipinski definition) is 2. The predicted octanol–water partition coefficient (Wildman–Crippen LogP) is 3.41. The van der Waals surface area contributed by atoms with Gasteiger partial charge in [0, 0.05) is 16.2 Å². The topological polar surface area (TPSA) is 64.3 Å². The molecule has 18 heavy (non-hydrogen) atoms. The van der Waals surface area contributed by atoms with Crippen molar-refractivity contribution in [2.24, 2.45) is 5.73 Å². The Morgan fingerprint density at radius 2 is 1.89 bits per heavy atom. The van der Waals surface area contributed by atoms with Gasteiger partial charge in [0.25, 0.3) is 0 Å². The van der Waals surface area contributed by atoms with Gasteiger partial charge in [-0.05, 0) is 37.1 Å². The van der Waals surface area contributed by atoms with Crippen molar-refractivity contribution in [3.8, 4) is 0 Å². The van der Waals surface area contributed by atoms with Crippen molar-refractivity contribution in [3.05, 3.63) is 29.3 Å². The number of benzene rings is 1. The summed E-state index contributed by atoms with van der Waals surface area (Å²) in [6, 6.07) is 6.81. The van der Waals surface area contributed by atoms with E-state index in [9.17, 15) is 4.79 Å². The Hall–Kier alpha value is -1.26. The largest absolute Gasteiger partial charge is 0.447 e. The quantitative estimate of drug-likeness (QED) is 0.862. The summed E-state index contributed by atoms with van der Waals surface area (Å²) in [6.07, 6.45) is 1.02. The maximum Gasteiger partial charge on any atom is 0.411 e. The Kier molecular flexibility index (Phi) is 5.44. The van der Waals surface area contributed by atoms with Crippen molar-refractivity contribution in [1.82, 2.24) is 0 Å². The highest BCUT2D eigenvalue weighted by Crippen LogP contribution is 2.15. The summed E-state index contributed by atoms with van der Waals surface area (Å²) in [6.45, 7) is 4.16. The molecule has 0 fully saturated rings. The highest BCUT2D eigenvalue weighted by Gasteiger charge is 2.22. The summed E-state index contributed by atoms with van der Waals surface area (Å²) in [5.74, 6) is 0. The Morgan fingerprint density at radius 1 is 1.33 bits per heavy atom. The molecule has 0 aliphatic rings. The first kappa shape index (κ1) is 14.8. The molecule has 4 nitrogen and oxygen atoms in total. The number of nitrogens with one attached hydrogen (secondary N) is 1. The van der Waals surface area contributed by atoms with E-state index in [2.05, 4.69) is 5.32 Å². The standard InChI is InChI=1S/C13H19ClN2O2/c1-3-13(15,4-2)9-18-12(17)16-11-7-5-10(14)6-8-11/h5-8H,3-4,9,15H2,1-2H3,(H,16,17). The number of rotatable bonds is 5. The minimum Gasteiger partial charge on any atom is -0.447 e. The third-order valence-corrected chi connectivity index (χ3v) is 3.24. The van der Waals surface area contributed by atoms with Gasteiger partial charge in [-0.25, -0.2) is 4.79 Å². The Bertz CT molecular complexity index is 388. The molecule has 1 rings (SSSR count). The average molecular weight is 271 g/mol. The minimum absolute atomic E-state index is 0.208. The van der Waals surface area contributed by atoms with E-state index in [1.807, 2.05) is 13.8 Å². The Balaban J connectivity index is 2.45. The third-order valence-electron chi connectivity index (χ3n) is 2.99. The van der Waals surface area contributed by atoms with Crippen molar-refractivity contribution in [1.29, 1.82) is 0 Å². The number of nitrogens with two attached hydrogens (primary N) is 1. The van der Waals surface area contributed by atoms with Gasteiger partial charge in [-0.3, -0.25) is 5.32 Å². The maximum absolute atomic E-state index is 11.6. The molecule has 1 aromatic carbocycles. The summed E-state index contributed by atoms with van der Waals surface area (Å²) in [4.78, 5) is 11.6. The van der Waals surface area contributed by atoms with Crippen LogP contribution in [-0.2, 0) is 4.74 Å². The smallest absolute Gasteiger partial charge is 0.411 e. The molecule has 100 valence electrons. The van der Waals surface area contributed by atoms with Crippen LogP contribution in [0.15, 0.2) is 24.3 Å². The molecule has 0 atom stereocenters. The fraction of sp³-hybridized carbons (Fsp3) is 0.462. The molecular weight excluding hydrogens is 252 g/mol. The van der Waals surface area contributed by atoms with Crippen LogP contribution in [-0.4, -0.2) is 18.2 Å². The molecule has 0 saturated carbocycles. The zero-order valence-corrected chi connectivity index (χ0v) is 11.5. The van der Waals surface area contributed by atoms with Crippen molar-refractivity contribution >= 4 is 23.4 Å². The molecule has 0 unspecified atom stereocenters. The number of ether oxygens (including phenoxy) is 1. The van der Waals surface area contributed by atoms with Crippen LogP contribution in [0.4, 0.5) is 10.5 Å². The summed E-state index contributed by atoms with van der Waals surface area (Å²) < 4.78 is 5.12. The lowest BCUT2D eigenvalue weighted by molar-refractivity contribution is 0.125. The van der Waals surface area contributed by atoms with Crippen molar-refractivity contribution in [3.63, 3.8) is 0 Å². The van der Waals surface area contributed by atoms with Gasteiger partial charge in [-0.1, -0.05) is 25.4 Å². The van der Waals surface area contributed by atoms with Crippen LogP contribution in [0.2, 0.25) is 5.02 Å². The van der Waals surface area contributed by atoms with E-state index in [0.29, 0.717) is 10.7 Å². The number of halogens is 1. The highest BCUT2D eigenvalue weighted by molar-refractivity contribution is 6.30. The molecule has 0 saturated heterocycles. The zero-order valence-electron chi connectivity index (χ0n) is 10.7. The maximum atomic E-state index is 11.6. The number of anilines is 1. The predicted molar refractivity (Wildman–Crippen MR) is 73.9 cm³/mol. The third kappa shape index (κ3) is 4.55. The first-order chi connectivity index (χ1) is 8.49. The van der Waals surface area contributed by atoms with E-state index < -0.39 is 11.6 Å². The van der Waals surface area contributed by atoms with Crippen LogP contribution in [0.1, 0.15) is 26.7 Å². The summed E-state index contributed by atoms with van der Waals surface area (Å²) in [5.41, 5.74) is 6.23. The number of carbonyl (C=O) groups excluding carboxylic acids is 1. The van der Waals surface area contributed by atoms with Gasteiger partial charge in [0.2, 0.25) is 0 Å². The average Bonchev–Trinajstić information content (AvgIpc) is 2.39. The van der Waals surface area contributed by atoms with Gasteiger partial charge in [-0.15, -0.1) is 0 Å². The van der Waals surface area contributed by atoms with E-state index >= 15 is 0 Å². The molecule has 3 N–H and O–H groups in total. The Morgan fingerprint density at radius 3 is 2.39 bits per heavy atom. The van der Waals surface area contributed by atoms with Crippen LogP contribution in [0, 0.1) is 0 Å². The number of hydrogen-bond acceptors (Lipinski definition) is 3. The number of carbonyl (C=O) groups is 1. The first-order valence-corrected chi connectivity index (χ1v) is 6.35. The van der Waals surface area contributed by atoms with Crippen molar-refractivity contribution in [2.45, 2.75) is 32.2 Å². The molecule has 0 aromatic heterocycles. The van der Waals surface area contributed by atoms with Gasteiger partial charge >= 0.3 is 6.09 Å². The van der Waals surface area contributed by atoms with Crippen molar-refractivity contribution < 1.29 is 9.53 Å². The van der Waals surface area contributed by atoms with E-state index in [4.69, 9.17) is 22.1 Å². The lowest BCUT2D eigenvalue weighted by Crippen LogP contribution is -2.44. The molecule has 1 amide bonds. The Labute approximate surface area is 112 Å². The second-order valence-electron chi connectivity index (χ2n) is 4.28. The minimum atomic E-state index is -0.506. The fourth-order valence-electron chi connectivity index (χ4n) is 1.35. The number of amides is 1. The van der Waals surface area contributed by atoms with Crippen LogP contribution >= 0.6 is 11.6 Å². The highest BCUT2D eigenvalue weighted by atomic mass is 35.5. The van der Waals surface area contributed by atoms with Gasteiger partial charge in [0.15, 0.2) is 0 Å². The van der Waals surface area contributed by atoms with E-state index in [-0.39, 0.29) is 6.61 Å². The molecule has 0 bridgehead atoms. The fourth-order valence-corrected chi connectivity index (χ4v) is 1.48. The van der Waals surface area contributed by atoms with Crippen LogP contribution in [0.5, 0.6) is 0 Å². The van der Waals surface area contributed by atoms with Gasteiger partial charge < -0.3 is 10.5 Å². The normalized spacial score (nSPS) is 11.1. The summed E-state index contributed by atoms with van der Waals surface area (Å²) >= 11 is 5.75. The van der Waals surface area contributed by atoms with Crippen LogP contribution in [0.25, 0.3) is 0 Å². The molecule has 1 aromatic rings. The van der Waals surface area contributed by atoms with Crippen molar-refractivity contribution in [2.75, 3.05) is 11.9 Å². The van der Waals surface area contributed by atoms with E-state index in [1.165, 1.54) is 0 Å². The van der Waals surface area contributed by atoms with E-state index in [1.54, 1.807) is 24.3 Å². The molecule has 0 spiro atoms. The lowest BCUT2D eigenvalue weighted by Gasteiger charge is -2.25. The SMILES string of the molecule is CCC(N)(CC)COC(=O)Nc1ccc(Cl)cc1. The van der Waals surface area contributed by atoms with E-state index in [0.717, 1.165) is 12.8 Å². The monoisotopic (exact) mass is 270 g/mol. The molecule has 0 aliphatic heterocycles. The second-order valence-corrected chi connectivity index (χ2v) is 4.71. The van der Waals surface area contributed by atoms with Crippen LogP contribution in [0.3, 0.4) is 0 Å². The molecule has 5 heteroatoms. The van der Waals surface area contributed by atoms with Gasteiger partial charge in [-0.2, -0.15) is 0 Å². The first-order valence-electron chi connectivity index (χ1n) is 5.97. The van der Waals surface area contributed by atoms with Crippen LogP contribution < -0.4 is 11.1 Å². The van der Waals surface area contributed by atoms with Gasteiger partial charge in [0.05, 0.1) is 0 Å². The summed E-state index contributed by atoms with van der Waals surface area (Å²) in [5, 5.41) is 3.23. The molecule has 0 heterocycles. The molecule has 0 aliphatic carbocycles. The summed E-state index contributed by atoms with van der Waals surface area (Å²) in [7, 11) is 0.